The van der Waals surface area contributed by atoms with Gasteiger partial charge in [-0.2, -0.15) is 0 Å². The highest BCUT2D eigenvalue weighted by atomic mass is 16.3. The van der Waals surface area contributed by atoms with Crippen LogP contribution in [0.1, 0.15) is 6.42 Å². The maximum Gasteiger partial charge on any atom is 0.115 e. The minimum Gasteiger partial charge on any atom is -0.510 e. The van der Waals surface area contributed by atoms with E-state index in [2.05, 4.69) is 6.58 Å². The lowest BCUT2D eigenvalue weighted by atomic mass is 10.2. The lowest BCUT2D eigenvalue weighted by Crippen LogP contribution is -2.16. The van der Waals surface area contributed by atoms with E-state index in [4.69, 9.17) is 15.9 Å². The van der Waals surface area contributed by atoms with Gasteiger partial charge in [0.05, 0.1) is 6.61 Å². The molecule has 0 saturated carbocycles. The van der Waals surface area contributed by atoms with Gasteiger partial charge in [0.1, 0.15) is 5.76 Å². The molecule has 0 radical (unpaired) electrons. The van der Waals surface area contributed by atoms with Crippen molar-refractivity contribution >= 4 is 0 Å². The Kier molecular flexibility index (Phi) is 4.62. The largest absolute Gasteiger partial charge is 0.510 e. The van der Waals surface area contributed by atoms with Gasteiger partial charge in [0, 0.05) is 6.04 Å². The minimum atomic E-state index is -0.356. The molecule has 0 fully saturated rings. The average molecular weight is 143 g/mol. The third kappa shape index (κ3) is 4.12. The molecule has 1 unspecified atom stereocenters. The molecule has 1 atom stereocenters. The first-order chi connectivity index (χ1) is 4.70. The van der Waals surface area contributed by atoms with E-state index in [1.54, 1.807) is 6.08 Å². The van der Waals surface area contributed by atoms with Crippen LogP contribution >= 0.6 is 0 Å². The van der Waals surface area contributed by atoms with Crippen LogP contribution < -0.4 is 5.73 Å². The van der Waals surface area contributed by atoms with Crippen LogP contribution in [-0.2, 0) is 0 Å². The van der Waals surface area contributed by atoms with Crippen molar-refractivity contribution in [3.05, 3.63) is 24.5 Å². The Hall–Kier alpha value is -0.800. The molecule has 0 rings (SSSR count). The van der Waals surface area contributed by atoms with E-state index in [1.807, 2.05) is 0 Å². The van der Waals surface area contributed by atoms with Gasteiger partial charge in [-0.1, -0.05) is 6.08 Å². The number of nitrogens with two attached hydrogens (primary N) is 1. The molecule has 58 valence electrons. The number of rotatable bonds is 4. The molecule has 3 heteroatoms. The molecular weight excluding hydrogens is 130 g/mol. The summed E-state index contributed by atoms with van der Waals surface area (Å²) in [6.07, 6.45) is 3.66. The first-order valence-electron chi connectivity index (χ1n) is 3.07. The van der Waals surface area contributed by atoms with Gasteiger partial charge in [-0.25, -0.2) is 0 Å². The summed E-state index contributed by atoms with van der Waals surface area (Å²) in [5, 5.41) is 17.1. The van der Waals surface area contributed by atoms with Crippen LogP contribution in [0, 0.1) is 0 Å². The second kappa shape index (κ2) is 5.02. The van der Waals surface area contributed by atoms with Crippen LogP contribution in [0.15, 0.2) is 24.5 Å². The SMILES string of the molecule is C=CCC(N)/C=C(/O)CO. The predicted molar refractivity (Wildman–Crippen MR) is 40.6 cm³/mol. The van der Waals surface area contributed by atoms with Crippen LogP contribution in [0.2, 0.25) is 0 Å². The van der Waals surface area contributed by atoms with Crippen molar-refractivity contribution in [2.24, 2.45) is 5.73 Å². The second-order valence-corrected chi connectivity index (χ2v) is 2.00. The predicted octanol–water partition coefficient (Wildman–Crippen LogP) is 0.324. The van der Waals surface area contributed by atoms with Crippen molar-refractivity contribution in [1.29, 1.82) is 0 Å². The van der Waals surface area contributed by atoms with Crippen LogP contribution in [0.3, 0.4) is 0 Å². The van der Waals surface area contributed by atoms with Gasteiger partial charge >= 0.3 is 0 Å². The highest BCUT2D eigenvalue weighted by molar-refractivity contribution is 4.99. The first kappa shape index (κ1) is 9.20. The van der Waals surface area contributed by atoms with Gasteiger partial charge in [-0.05, 0) is 12.5 Å². The maximum absolute atomic E-state index is 8.75. The summed E-state index contributed by atoms with van der Waals surface area (Å²) in [6, 6.07) is -0.246. The Morgan fingerprint density at radius 2 is 2.30 bits per heavy atom. The Morgan fingerprint density at radius 3 is 2.70 bits per heavy atom. The van der Waals surface area contributed by atoms with Crippen LogP contribution in [0.4, 0.5) is 0 Å². The molecule has 3 nitrogen and oxygen atoms in total. The molecule has 0 aromatic carbocycles. The maximum atomic E-state index is 8.75. The summed E-state index contributed by atoms with van der Waals surface area (Å²) < 4.78 is 0. The standard InChI is InChI=1S/C7H13NO2/c1-2-3-6(8)4-7(10)5-9/h2,4,6,9-10H,1,3,5,8H2/b7-4+. The number of aliphatic hydroxyl groups is 2. The first-order valence-corrected chi connectivity index (χ1v) is 3.07. The third-order valence-corrected chi connectivity index (χ3v) is 1.01. The lowest BCUT2D eigenvalue weighted by Gasteiger charge is -2.01. The Balaban J connectivity index is 3.73. The fourth-order valence-corrected chi connectivity index (χ4v) is 0.560. The van der Waals surface area contributed by atoms with Gasteiger partial charge in [0.15, 0.2) is 0 Å². The molecule has 0 spiro atoms. The number of aliphatic hydroxyl groups excluding tert-OH is 2. The summed E-state index contributed by atoms with van der Waals surface area (Å²) >= 11 is 0. The Labute approximate surface area is 60.5 Å². The van der Waals surface area contributed by atoms with E-state index in [9.17, 15) is 0 Å². The monoisotopic (exact) mass is 143 g/mol. The van der Waals surface area contributed by atoms with Gasteiger partial charge in [-0.15, -0.1) is 6.58 Å². The molecule has 4 N–H and O–H groups in total. The van der Waals surface area contributed by atoms with Gasteiger partial charge in [0.25, 0.3) is 0 Å². The molecule has 0 aliphatic rings. The van der Waals surface area contributed by atoms with E-state index in [1.165, 1.54) is 6.08 Å². The average Bonchev–Trinajstić information content (AvgIpc) is 1.88. The lowest BCUT2D eigenvalue weighted by molar-refractivity contribution is 0.251. The van der Waals surface area contributed by atoms with E-state index in [0.29, 0.717) is 6.42 Å². The van der Waals surface area contributed by atoms with E-state index in [0.717, 1.165) is 0 Å². The quantitative estimate of drug-likeness (QED) is 0.392. The Bertz CT molecular complexity index is 132. The molecule has 0 bridgehead atoms. The second-order valence-electron chi connectivity index (χ2n) is 2.00. The highest BCUT2D eigenvalue weighted by Crippen LogP contribution is 1.94. The fraction of sp³-hybridized carbons (Fsp3) is 0.429. The molecule has 0 aliphatic heterocycles. The zero-order valence-electron chi connectivity index (χ0n) is 5.83. The fourth-order valence-electron chi connectivity index (χ4n) is 0.560. The molecule has 0 aromatic heterocycles. The number of hydrogen-bond donors (Lipinski definition) is 3. The van der Waals surface area contributed by atoms with Gasteiger partial charge in [-0.3, -0.25) is 0 Å². The molecule has 0 aliphatic carbocycles. The summed E-state index contributed by atoms with van der Waals surface area (Å²) in [4.78, 5) is 0. The van der Waals surface area contributed by atoms with E-state index < -0.39 is 0 Å². The molecular formula is C7H13NO2. The Morgan fingerprint density at radius 1 is 1.70 bits per heavy atom. The van der Waals surface area contributed by atoms with E-state index in [-0.39, 0.29) is 18.4 Å². The van der Waals surface area contributed by atoms with Gasteiger partial charge in [0.2, 0.25) is 0 Å². The highest BCUT2D eigenvalue weighted by Gasteiger charge is 1.96. The molecule has 0 saturated heterocycles. The van der Waals surface area contributed by atoms with Crippen molar-refractivity contribution in [3.63, 3.8) is 0 Å². The van der Waals surface area contributed by atoms with Crippen molar-refractivity contribution in [1.82, 2.24) is 0 Å². The summed E-state index contributed by atoms with van der Waals surface area (Å²) in [5.41, 5.74) is 5.44. The normalized spacial score (nSPS) is 14.8. The van der Waals surface area contributed by atoms with Crippen molar-refractivity contribution < 1.29 is 10.2 Å². The summed E-state index contributed by atoms with van der Waals surface area (Å²) in [5.74, 6) is -0.0886. The van der Waals surface area contributed by atoms with Crippen LogP contribution in [0.25, 0.3) is 0 Å². The topological polar surface area (TPSA) is 66.5 Å². The third-order valence-electron chi connectivity index (χ3n) is 1.01. The van der Waals surface area contributed by atoms with Crippen LogP contribution in [0.5, 0.6) is 0 Å². The minimum absolute atomic E-state index is 0.0886. The van der Waals surface area contributed by atoms with Crippen LogP contribution in [-0.4, -0.2) is 22.9 Å². The van der Waals surface area contributed by atoms with Crippen molar-refractivity contribution in [2.75, 3.05) is 6.61 Å². The van der Waals surface area contributed by atoms with Gasteiger partial charge < -0.3 is 15.9 Å². The summed E-state index contributed by atoms with van der Waals surface area (Å²) in [6.45, 7) is 3.12. The smallest absolute Gasteiger partial charge is 0.115 e. The zero-order valence-corrected chi connectivity index (χ0v) is 5.83. The van der Waals surface area contributed by atoms with Crippen molar-refractivity contribution in [3.8, 4) is 0 Å². The molecule has 0 aromatic rings. The molecule has 10 heavy (non-hydrogen) atoms. The molecule has 0 heterocycles. The zero-order chi connectivity index (χ0) is 7.98. The van der Waals surface area contributed by atoms with E-state index >= 15 is 0 Å². The summed E-state index contributed by atoms with van der Waals surface area (Å²) in [7, 11) is 0. The number of hydrogen-bond acceptors (Lipinski definition) is 3. The molecule has 0 amide bonds. The van der Waals surface area contributed by atoms with Crippen molar-refractivity contribution in [2.45, 2.75) is 12.5 Å².